The van der Waals surface area contributed by atoms with Gasteiger partial charge in [-0.05, 0) is 6.42 Å². The number of benzene rings is 2. The van der Waals surface area contributed by atoms with Gasteiger partial charge in [0.2, 0.25) is 6.29 Å². The standard InChI is InChI=1S/C24H29N3O2/c1-3-5-6-13-18-28-23(20-16-11-8-12-17-20)29-24-26-21(4-2)25-22(27-24)19-14-9-7-10-15-19/h7-12,14-17,23H,3-6,13,18H2,1-2H3. The number of unbranched alkanes of at least 4 members (excludes halogenated alkanes) is 3. The number of hydrogen-bond donors (Lipinski definition) is 0. The second kappa shape index (κ2) is 11.3. The second-order valence-electron chi connectivity index (χ2n) is 6.87. The molecule has 0 aliphatic carbocycles. The summed E-state index contributed by atoms with van der Waals surface area (Å²) in [6.07, 6.45) is 4.73. The Balaban J connectivity index is 1.80. The van der Waals surface area contributed by atoms with Gasteiger partial charge in [-0.15, -0.1) is 0 Å². The number of ether oxygens (including phenoxy) is 2. The summed E-state index contributed by atoms with van der Waals surface area (Å²) in [4.78, 5) is 13.6. The van der Waals surface area contributed by atoms with Crippen molar-refractivity contribution < 1.29 is 9.47 Å². The number of aryl methyl sites for hydroxylation is 1. The Morgan fingerprint density at radius 1 is 0.793 bits per heavy atom. The second-order valence-corrected chi connectivity index (χ2v) is 6.87. The largest absolute Gasteiger partial charge is 0.429 e. The van der Waals surface area contributed by atoms with Crippen LogP contribution in [0.2, 0.25) is 0 Å². The molecule has 29 heavy (non-hydrogen) atoms. The molecule has 0 fully saturated rings. The minimum Gasteiger partial charge on any atom is -0.429 e. The van der Waals surface area contributed by atoms with Crippen LogP contribution < -0.4 is 4.74 Å². The van der Waals surface area contributed by atoms with Crippen LogP contribution in [-0.2, 0) is 11.2 Å². The molecule has 2 aromatic carbocycles. The molecule has 0 saturated heterocycles. The summed E-state index contributed by atoms with van der Waals surface area (Å²) >= 11 is 0. The van der Waals surface area contributed by atoms with Crippen LogP contribution in [0.4, 0.5) is 0 Å². The van der Waals surface area contributed by atoms with Crippen LogP contribution in [0.25, 0.3) is 11.4 Å². The first-order valence-electron chi connectivity index (χ1n) is 10.4. The molecule has 3 rings (SSSR count). The van der Waals surface area contributed by atoms with Gasteiger partial charge in [-0.1, -0.05) is 93.8 Å². The molecule has 0 N–H and O–H groups in total. The van der Waals surface area contributed by atoms with E-state index < -0.39 is 6.29 Å². The maximum atomic E-state index is 6.13. The van der Waals surface area contributed by atoms with Crippen molar-refractivity contribution >= 4 is 0 Å². The predicted molar refractivity (Wildman–Crippen MR) is 115 cm³/mol. The zero-order chi connectivity index (χ0) is 20.3. The van der Waals surface area contributed by atoms with Crippen molar-refractivity contribution in [3.8, 4) is 17.4 Å². The first-order valence-corrected chi connectivity index (χ1v) is 10.4. The van der Waals surface area contributed by atoms with E-state index >= 15 is 0 Å². The summed E-state index contributed by atoms with van der Waals surface area (Å²) in [7, 11) is 0. The Hall–Kier alpha value is -2.79. The van der Waals surface area contributed by atoms with Gasteiger partial charge in [-0.25, -0.2) is 4.98 Å². The van der Waals surface area contributed by atoms with Gasteiger partial charge < -0.3 is 9.47 Å². The first kappa shape index (κ1) is 20.9. The maximum Gasteiger partial charge on any atom is 0.322 e. The third kappa shape index (κ3) is 6.36. The molecular formula is C24H29N3O2. The van der Waals surface area contributed by atoms with Crippen LogP contribution in [0.5, 0.6) is 6.01 Å². The lowest BCUT2D eigenvalue weighted by Crippen LogP contribution is -2.15. The van der Waals surface area contributed by atoms with E-state index in [2.05, 4.69) is 21.9 Å². The molecule has 5 heteroatoms. The fourth-order valence-electron chi connectivity index (χ4n) is 2.95. The summed E-state index contributed by atoms with van der Waals surface area (Å²) in [6, 6.07) is 20.1. The summed E-state index contributed by atoms with van der Waals surface area (Å²) in [5, 5.41) is 0. The van der Waals surface area contributed by atoms with Crippen molar-refractivity contribution in [2.45, 2.75) is 52.2 Å². The van der Waals surface area contributed by atoms with Gasteiger partial charge in [0.15, 0.2) is 5.82 Å². The molecule has 0 amide bonds. The van der Waals surface area contributed by atoms with Crippen molar-refractivity contribution in [3.05, 3.63) is 72.1 Å². The summed E-state index contributed by atoms with van der Waals surface area (Å²) < 4.78 is 12.2. The van der Waals surface area contributed by atoms with Gasteiger partial charge in [-0.2, -0.15) is 9.97 Å². The number of aromatic nitrogens is 3. The molecule has 152 valence electrons. The molecule has 1 atom stereocenters. The van der Waals surface area contributed by atoms with Crippen molar-refractivity contribution in [2.24, 2.45) is 0 Å². The normalized spacial score (nSPS) is 11.9. The minimum absolute atomic E-state index is 0.290. The SMILES string of the molecule is CCCCCCOC(Oc1nc(CC)nc(-c2ccccc2)n1)c1ccccc1. The molecule has 0 spiro atoms. The summed E-state index contributed by atoms with van der Waals surface area (Å²) in [6.45, 7) is 4.86. The molecule has 1 aromatic heterocycles. The fraction of sp³-hybridized carbons (Fsp3) is 0.375. The molecule has 1 unspecified atom stereocenters. The summed E-state index contributed by atoms with van der Waals surface area (Å²) in [5.74, 6) is 1.31. The van der Waals surface area contributed by atoms with Crippen LogP contribution in [0.1, 0.15) is 57.2 Å². The zero-order valence-corrected chi connectivity index (χ0v) is 17.3. The van der Waals surface area contributed by atoms with Gasteiger partial charge >= 0.3 is 6.01 Å². The van der Waals surface area contributed by atoms with Gasteiger partial charge in [0.25, 0.3) is 0 Å². The highest BCUT2D eigenvalue weighted by Crippen LogP contribution is 2.23. The average molecular weight is 392 g/mol. The highest BCUT2D eigenvalue weighted by Gasteiger charge is 2.17. The van der Waals surface area contributed by atoms with E-state index in [1.165, 1.54) is 12.8 Å². The zero-order valence-electron chi connectivity index (χ0n) is 17.3. The van der Waals surface area contributed by atoms with E-state index in [1.54, 1.807) is 0 Å². The third-order valence-electron chi connectivity index (χ3n) is 4.56. The van der Waals surface area contributed by atoms with E-state index in [-0.39, 0.29) is 6.01 Å². The molecule has 3 aromatic rings. The first-order chi connectivity index (χ1) is 14.3. The van der Waals surface area contributed by atoms with E-state index in [1.807, 2.05) is 67.6 Å². The van der Waals surface area contributed by atoms with Crippen LogP contribution in [0.15, 0.2) is 60.7 Å². The van der Waals surface area contributed by atoms with E-state index in [4.69, 9.17) is 9.47 Å². The Morgan fingerprint density at radius 2 is 1.52 bits per heavy atom. The van der Waals surface area contributed by atoms with Gasteiger partial charge in [0, 0.05) is 17.5 Å². The Morgan fingerprint density at radius 3 is 2.21 bits per heavy atom. The molecule has 0 aliphatic heterocycles. The highest BCUT2D eigenvalue weighted by atomic mass is 16.7. The van der Waals surface area contributed by atoms with Crippen molar-refractivity contribution in [3.63, 3.8) is 0 Å². The van der Waals surface area contributed by atoms with E-state index in [0.717, 1.165) is 24.0 Å². The Labute approximate surface area is 173 Å². The topological polar surface area (TPSA) is 57.1 Å². The molecule has 5 nitrogen and oxygen atoms in total. The average Bonchev–Trinajstić information content (AvgIpc) is 2.79. The lowest BCUT2D eigenvalue weighted by atomic mass is 10.2. The van der Waals surface area contributed by atoms with Crippen LogP contribution in [-0.4, -0.2) is 21.6 Å². The van der Waals surface area contributed by atoms with E-state index in [0.29, 0.717) is 24.7 Å². The maximum absolute atomic E-state index is 6.13. The number of nitrogens with zero attached hydrogens (tertiary/aromatic N) is 3. The Bertz CT molecular complexity index is 857. The fourth-order valence-corrected chi connectivity index (χ4v) is 2.95. The summed E-state index contributed by atoms with van der Waals surface area (Å²) in [5.41, 5.74) is 1.88. The molecule has 0 aliphatic rings. The van der Waals surface area contributed by atoms with Crippen molar-refractivity contribution in [1.82, 2.24) is 15.0 Å². The molecule has 1 heterocycles. The molecule has 0 bridgehead atoms. The van der Waals surface area contributed by atoms with E-state index in [9.17, 15) is 0 Å². The molecular weight excluding hydrogens is 362 g/mol. The predicted octanol–water partition coefficient (Wildman–Crippen LogP) is 5.78. The van der Waals surface area contributed by atoms with Gasteiger partial charge in [0.1, 0.15) is 5.82 Å². The molecule has 0 radical (unpaired) electrons. The van der Waals surface area contributed by atoms with Gasteiger partial charge in [0.05, 0.1) is 6.61 Å². The van der Waals surface area contributed by atoms with Crippen LogP contribution in [0.3, 0.4) is 0 Å². The smallest absolute Gasteiger partial charge is 0.322 e. The Kier molecular flexibility index (Phi) is 8.13. The lowest BCUT2D eigenvalue weighted by molar-refractivity contribution is -0.0893. The number of hydrogen-bond acceptors (Lipinski definition) is 5. The minimum atomic E-state index is -0.548. The number of rotatable bonds is 11. The van der Waals surface area contributed by atoms with Crippen molar-refractivity contribution in [2.75, 3.05) is 6.61 Å². The third-order valence-corrected chi connectivity index (χ3v) is 4.56. The highest BCUT2D eigenvalue weighted by molar-refractivity contribution is 5.54. The van der Waals surface area contributed by atoms with Crippen molar-refractivity contribution in [1.29, 1.82) is 0 Å². The molecule has 0 saturated carbocycles. The lowest BCUT2D eigenvalue weighted by Gasteiger charge is -2.19. The van der Waals surface area contributed by atoms with Crippen LogP contribution in [0, 0.1) is 0 Å². The monoisotopic (exact) mass is 391 g/mol. The van der Waals surface area contributed by atoms with Gasteiger partial charge in [-0.3, -0.25) is 0 Å². The van der Waals surface area contributed by atoms with Crippen LogP contribution >= 0.6 is 0 Å². The quantitative estimate of drug-likeness (QED) is 0.306.